The highest BCUT2D eigenvalue weighted by atomic mass is 15.1. The molecule has 1 aliphatic heterocycles. The van der Waals surface area contributed by atoms with Crippen LogP contribution in [-0.4, -0.2) is 18.0 Å². The molecule has 2 rings (SSSR count). The fourth-order valence-electron chi connectivity index (χ4n) is 1.79. The summed E-state index contributed by atoms with van der Waals surface area (Å²) in [6.07, 6.45) is 11.2. The van der Waals surface area contributed by atoms with E-state index < -0.39 is 0 Å². The Morgan fingerprint density at radius 3 is 2.40 bits per heavy atom. The van der Waals surface area contributed by atoms with Gasteiger partial charge in [0.05, 0.1) is 0 Å². The molecular weight excluding hydrogens is 182 g/mol. The molecule has 1 aliphatic rings. The van der Waals surface area contributed by atoms with Gasteiger partial charge in [0.25, 0.3) is 0 Å². The summed E-state index contributed by atoms with van der Waals surface area (Å²) in [5.74, 6) is 0. The van der Waals surface area contributed by atoms with Crippen molar-refractivity contribution in [3.63, 3.8) is 0 Å². The van der Waals surface area contributed by atoms with E-state index in [1.807, 2.05) is 6.07 Å². The minimum absolute atomic E-state index is 1.22. The molecule has 15 heavy (non-hydrogen) atoms. The number of hydrogen-bond donors (Lipinski definition) is 0. The van der Waals surface area contributed by atoms with Gasteiger partial charge in [0.15, 0.2) is 0 Å². The van der Waals surface area contributed by atoms with Gasteiger partial charge in [-0.05, 0) is 30.7 Å². The molecule has 1 nitrogen and oxygen atoms in total. The lowest BCUT2D eigenvalue weighted by atomic mass is 10.2. The minimum atomic E-state index is 1.22. The zero-order chi connectivity index (χ0) is 10.3. The first-order valence-electron chi connectivity index (χ1n) is 5.59. The molecule has 0 unspecified atom stereocenters. The van der Waals surface area contributed by atoms with Crippen LogP contribution in [0.15, 0.2) is 48.7 Å². The third-order valence-electron chi connectivity index (χ3n) is 2.64. The summed E-state index contributed by atoms with van der Waals surface area (Å²) in [5.41, 5.74) is 1.25. The minimum Gasteiger partial charge on any atom is -0.377 e. The molecule has 0 aliphatic carbocycles. The van der Waals surface area contributed by atoms with Gasteiger partial charge in [-0.2, -0.15) is 0 Å². The molecule has 0 saturated carbocycles. The van der Waals surface area contributed by atoms with Crippen LogP contribution in [0.2, 0.25) is 0 Å². The smallest absolute Gasteiger partial charge is 0.0173 e. The van der Waals surface area contributed by atoms with Crippen LogP contribution < -0.4 is 0 Å². The molecule has 1 aromatic rings. The largest absolute Gasteiger partial charge is 0.377 e. The van der Waals surface area contributed by atoms with E-state index in [1.54, 1.807) is 0 Å². The first kappa shape index (κ1) is 10.0. The van der Waals surface area contributed by atoms with Crippen molar-refractivity contribution in [3.8, 4) is 0 Å². The zero-order valence-corrected chi connectivity index (χ0v) is 8.97. The van der Waals surface area contributed by atoms with Gasteiger partial charge >= 0.3 is 0 Å². The Bertz CT molecular complexity index is 332. The summed E-state index contributed by atoms with van der Waals surface area (Å²) in [5, 5.41) is 0. The van der Waals surface area contributed by atoms with Crippen LogP contribution in [0.4, 0.5) is 0 Å². The average Bonchev–Trinajstić information content (AvgIpc) is 2.79. The number of rotatable bonds is 3. The third kappa shape index (κ3) is 3.28. The van der Waals surface area contributed by atoms with E-state index >= 15 is 0 Å². The molecule has 78 valence electrons. The van der Waals surface area contributed by atoms with Crippen LogP contribution in [0.5, 0.6) is 0 Å². The van der Waals surface area contributed by atoms with Crippen molar-refractivity contribution in [1.82, 2.24) is 4.90 Å². The van der Waals surface area contributed by atoms with Crippen LogP contribution >= 0.6 is 0 Å². The van der Waals surface area contributed by atoms with Gasteiger partial charge in [0.1, 0.15) is 0 Å². The van der Waals surface area contributed by atoms with E-state index in [-0.39, 0.29) is 0 Å². The highest BCUT2D eigenvalue weighted by molar-refractivity contribution is 5.50. The lowest BCUT2D eigenvalue weighted by molar-refractivity contribution is 0.468. The Hall–Kier alpha value is -1.50. The second-order valence-corrected chi connectivity index (χ2v) is 3.85. The van der Waals surface area contributed by atoms with Crippen LogP contribution in [0.1, 0.15) is 18.4 Å². The fourth-order valence-corrected chi connectivity index (χ4v) is 1.79. The van der Waals surface area contributed by atoms with Crippen molar-refractivity contribution in [2.75, 3.05) is 13.1 Å². The summed E-state index contributed by atoms with van der Waals surface area (Å²) in [6, 6.07) is 10.4. The highest BCUT2D eigenvalue weighted by Crippen LogP contribution is 2.07. The van der Waals surface area contributed by atoms with Crippen molar-refractivity contribution in [1.29, 1.82) is 0 Å². The molecule has 0 bridgehead atoms. The molecule has 0 amide bonds. The monoisotopic (exact) mass is 199 g/mol. The summed E-state index contributed by atoms with van der Waals surface area (Å²) < 4.78 is 0. The first-order chi connectivity index (χ1) is 7.45. The van der Waals surface area contributed by atoms with Gasteiger partial charge in [-0.15, -0.1) is 0 Å². The second kappa shape index (κ2) is 5.40. The summed E-state index contributed by atoms with van der Waals surface area (Å²) in [7, 11) is 0. The zero-order valence-electron chi connectivity index (χ0n) is 8.97. The quantitative estimate of drug-likeness (QED) is 0.675. The Balaban J connectivity index is 1.84. The predicted molar refractivity (Wildman–Crippen MR) is 65.4 cm³/mol. The van der Waals surface area contributed by atoms with Crippen LogP contribution in [-0.2, 0) is 0 Å². The Morgan fingerprint density at radius 2 is 1.67 bits per heavy atom. The molecule has 0 atom stereocenters. The van der Waals surface area contributed by atoms with E-state index in [0.717, 1.165) is 0 Å². The lowest BCUT2D eigenvalue weighted by Crippen LogP contribution is -2.09. The van der Waals surface area contributed by atoms with Gasteiger partial charge in [-0.3, -0.25) is 0 Å². The maximum Gasteiger partial charge on any atom is 0.0173 e. The van der Waals surface area contributed by atoms with Gasteiger partial charge in [-0.1, -0.05) is 42.5 Å². The Morgan fingerprint density at radius 1 is 0.933 bits per heavy atom. The van der Waals surface area contributed by atoms with Crippen molar-refractivity contribution >= 4 is 6.08 Å². The summed E-state index contributed by atoms with van der Waals surface area (Å²) >= 11 is 0. The Kier molecular flexibility index (Phi) is 3.61. The normalized spacial score (nSPS) is 16.9. The average molecular weight is 199 g/mol. The highest BCUT2D eigenvalue weighted by Gasteiger charge is 2.04. The molecule has 1 fully saturated rings. The SMILES string of the molecule is C(/C=C/N1CCCC1)=C\c1ccccc1. The molecular formula is C14H17N. The lowest BCUT2D eigenvalue weighted by Gasteiger charge is -2.08. The molecule has 1 saturated heterocycles. The number of hydrogen-bond acceptors (Lipinski definition) is 1. The molecule has 1 aromatic carbocycles. The van der Waals surface area contributed by atoms with Crippen molar-refractivity contribution in [2.24, 2.45) is 0 Å². The number of allylic oxidation sites excluding steroid dienone is 2. The van der Waals surface area contributed by atoms with E-state index in [9.17, 15) is 0 Å². The van der Waals surface area contributed by atoms with Crippen LogP contribution in [0.3, 0.4) is 0 Å². The van der Waals surface area contributed by atoms with Gasteiger partial charge < -0.3 is 4.90 Å². The second-order valence-electron chi connectivity index (χ2n) is 3.85. The van der Waals surface area contributed by atoms with Gasteiger partial charge in [0, 0.05) is 13.1 Å². The predicted octanol–water partition coefficient (Wildman–Crippen LogP) is 3.31. The van der Waals surface area contributed by atoms with E-state index in [0.29, 0.717) is 0 Å². The van der Waals surface area contributed by atoms with Crippen LogP contribution in [0, 0.1) is 0 Å². The third-order valence-corrected chi connectivity index (χ3v) is 2.64. The van der Waals surface area contributed by atoms with Gasteiger partial charge in [0.2, 0.25) is 0 Å². The number of likely N-dealkylation sites (tertiary alicyclic amines) is 1. The van der Waals surface area contributed by atoms with Crippen molar-refractivity contribution < 1.29 is 0 Å². The molecule has 1 heteroatoms. The van der Waals surface area contributed by atoms with Crippen molar-refractivity contribution in [2.45, 2.75) is 12.8 Å². The van der Waals surface area contributed by atoms with Crippen molar-refractivity contribution in [3.05, 3.63) is 54.2 Å². The fraction of sp³-hybridized carbons (Fsp3) is 0.286. The molecule has 0 aromatic heterocycles. The molecule has 0 N–H and O–H groups in total. The first-order valence-corrected chi connectivity index (χ1v) is 5.59. The maximum atomic E-state index is 2.37. The number of nitrogens with zero attached hydrogens (tertiary/aromatic N) is 1. The molecule has 1 heterocycles. The van der Waals surface area contributed by atoms with Gasteiger partial charge in [-0.25, -0.2) is 0 Å². The summed E-state index contributed by atoms with van der Waals surface area (Å²) in [4.78, 5) is 2.37. The number of benzene rings is 1. The Labute approximate surface area is 91.7 Å². The molecule has 0 radical (unpaired) electrons. The van der Waals surface area contributed by atoms with Crippen LogP contribution in [0.25, 0.3) is 6.08 Å². The van der Waals surface area contributed by atoms with E-state index in [2.05, 4.69) is 53.6 Å². The molecule has 0 spiro atoms. The van der Waals surface area contributed by atoms with E-state index in [4.69, 9.17) is 0 Å². The maximum absolute atomic E-state index is 2.37. The standard InChI is InChI=1S/C14H17N/c1-2-8-14(9-3-1)10-4-5-11-15-12-6-7-13-15/h1-5,8-11H,6-7,12-13H2/b10-4+,11-5+. The van der Waals surface area contributed by atoms with E-state index in [1.165, 1.54) is 31.5 Å². The summed E-state index contributed by atoms with van der Waals surface area (Å²) in [6.45, 7) is 2.44. The topological polar surface area (TPSA) is 3.24 Å².